The van der Waals surface area contributed by atoms with Gasteiger partial charge in [-0.25, -0.2) is 0 Å². The van der Waals surface area contributed by atoms with Crippen molar-refractivity contribution < 1.29 is 4.74 Å². The van der Waals surface area contributed by atoms with Gasteiger partial charge in [0, 0.05) is 9.37 Å². The van der Waals surface area contributed by atoms with Crippen LogP contribution in [0.25, 0.3) is 0 Å². The Labute approximate surface area is 133 Å². The van der Waals surface area contributed by atoms with Gasteiger partial charge >= 0.3 is 0 Å². The Morgan fingerprint density at radius 3 is 2.58 bits per heavy atom. The van der Waals surface area contributed by atoms with Crippen LogP contribution >= 0.6 is 43.6 Å². The quantitative estimate of drug-likeness (QED) is 0.631. The molecule has 0 radical (unpaired) electrons. The molecule has 96 valence electrons. The van der Waals surface area contributed by atoms with Crippen LogP contribution in [-0.2, 0) is 0 Å². The molecule has 0 amide bonds. The summed E-state index contributed by atoms with van der Waals surface area (Å²) in [4.78, 5) is 0.910. The van der Waals surface area contributed by atoms with Crippen molar-refractivity contribution in [3.63, 3.8) is 0 Å². The van der Waals surface area contributed by atoms with Crippen molar-refractivity contribution in [1.82, 2.24) is 0 Å². The maximum Gasteiger partial charge on any atom is 0.146 e. The van der Waals surface area contributed by atoms with E-state index in [1.54, 1.807) is 6.07 Å². The maximum atomic E-state index is 9.26. The maximum absolute atomic E-state index is 9.26. The molecular weight excluding hydrogens is 390 g/mol. The van der Waals surface area contributed by atoms with Gasteiger partial charge in [0.25, 0.3) is 0 Å². The van der Waals surface area contributed by atoms with Crippen LogP contribution in [0, 0.1) is 11.3 Å². The van der Waals surface area contributed by atoms with Crippen LogP contribution in [-0.4, -0.2) is 6.26 Å². The Hall–Kier alpha value is -0.960. The number of nitriles is 1. The fraction of sp³-hybridized carbons (Fsp3) is 0.0714. The lowest BCUT2D eigenvalue weighted by Gasteiger charge is -2.11. The van der Waals surface area contributed by atoms with Crippen LogP contribution in [0.15, 0.2) is 50.2 Å². The highest BCUT2D eigenvalue weighted by molar-refractivity contribution is 9.11. The summed E-state index contributed by atoms with van der Waals surface area (Å²) < 4.78 is 7.62. The average Bonchev–Trinajstić information content (AvgIpc) is 2.41. The summed E-state index contributed by atoms with van der Waals surface area (Å²) in [6.07, 6.45) is 1.94. The highest BCUT2D eigenvalue weighted by atomic mass is 79.9. The molecular formula is C14H9Br2NOS. The van der Waals surface area contributed by atoms with E-state index in [1.807, 2.05) is 36.6 Å². The van der Waals surface area contributed by atoms with Crippen molar-refractivity contribution >= 4 is 43.6 Å². The topological polar surface area (TPSA) is 33.0 Å². The zero-order valence-corrected chi connectivity index (χ0v) is 14.0. The summed E-state index contributed by atoms with van der Waals surface area (Å²) in [6, 6.07) is 13.4. The fourth-order valence-electron chi connectivity index (χ4n) is 1.55. The molecule has 0 atom stereocenters. The van der Waals surface area contributed by atoms with Gasteiger partial charge in [-0.2, -0.15) is 5.26 Å². The zero-order valence-electron chi connectivity index (χ0n) is 9.98. The van der Waals surface area contributed by atoms with E-state index >= 15 is 0 Å². The van der Waals surface area contributed by atoms with Crippen LogP contribution in [0.3, 0.4) is 0 Å². The number of halogens is 2. The smallest absolute Gasteiger partial charge is 0.146 e. The SMILES string of the molecule is CSc1cccc(Oc2ccc(Br)cc2Br)c1C#N. The normalized spacial score (nSPS) is 10.0. The minimum Gasteiger partial charge on any atom is -0.455 e. The largest absolute Gasteiger partial charge is 0.455 e. The van der Waals surface area contributed by atoms with Gasteiger partial charge in [0.2, 0.25) is 0 Å². The van der Waals surface area contributed by atoms with E-state index in [9.17, 15) is 5.26 Å². The molecule has 19 heavy (non-hydrogen) atoms. The van der Waals surface area contributed by atoms with Gasteiger partial charge in [-0.15, -0.1) is 11.8 Å². The summed E-state index contributed by atoms with van der Waals surface area (Å²) in [5.74, 6) is 1.25. The zero-order chi connectivity index (χ0) is 13.8. The van der Waals surface area contributed by atoms with E-state index in [1.165, 1.54) is 11.8 Å². The molecule has 0 unspecified atom stereocenters. The van der Waals surface area contributed by atoms with Crippen molar-refractivity contribution in [3.8, 4) is 17.6 Å². The Bertz CT molecular complexity index is 652. The molecule has 2 nitrogen and oxygen atoms in total. The van der Waals surface area contributed by atoms with E-state index in [-0.39, 0.29) is 0 Å². The van der Waals surface area contributed by atoms with Crippen molar-refractivity contribution in [2.45, 2.75) is 4.90 Å². The predicted octanol–water partition coefficient (Wildman–Crippen LogP) is 5.60. The van der Waals surface area contributed by atoms with Crippen molar-refractivity contribution in [2.24, 2.45) is 0 Å². The Kier molecular flexibility index (Phi) is 4.92. The molecule has 5 heteroatoms. The fourth-order valence-corrected chi connectivity index (χ4v) is 3.25. The van der Waals surface area contributed by atoms with Gasteiger partial charge in [-0.1, -0.05) is 22.0 Å². The van der Waals surface area contributed by atoms with Crippen LogP contribution in [0.2, 0.25) is 0 Å². The molecule has 0 fully saturated rings. The highest BCUT2D eigenvalue weighted by Gasteiger charge is 2.11. The lowest BCUT2D eigenvalue weighted by molar-refractivity contribution is 0.476. The molecule has 2 aromatic carbocycles. The van der Waals surface area contributed by atoms with E-state index in [2.05, 4.69) is 37.9 Å². The summed E-state index contributed by atoms with van der Waals surface area (Å²) in [7, 11) is 0. The lowest BCUT2D eigenvalue weighted by atomic mass is 10.2. The van der Waals surface area contributed by atoms with E-state index in [0.717, 1.165) is 13.8 Å². The van der Waals surface area contributed by atoms with Crippen molar-refractivity contribution in [1.29, 1.82) is 5.26 Å². The van der Waals surface area contributed by atoms with Crippen LogP contribution in [0.1, 0.15) is 5.56 Å². The minimum atomic E-state index is 0.560. The van der Waals surface area contributed by atoms with Crippen LogP contribution in [0.5, 0.6) is 11.5 Å². The number of hydrogen-bond donors (Lipinski definition) is 0. The molecule has 0 bridgehead atoms. The number of hydrogen-bond acceptors (Lipinski definition) is 3. The molecule has 0 saturated heterocycles. The third kappa shape index (κ3) is 3.33. The molecule has 2 rings (SSSR count). The number of benzene rings is 2. The minimum absolute atomic E-state index is 0.560. The first kappa shape index (κ1) is 14.4. The molecule has 0 N–H and O–H groups in total. The van der Waals surface area contributed by atoms with Crippen LogP contribution < -0.4 is 4.74 Å². The Morgan fingerprint density at radius 1 is 1.16 bits per heavy atom. The number of thioether (sulfide) groups is 1. The second-order valence-electron chi connectivity index (χ2n) is 3.62. The first-order valence-electron chi connectivity index (χ1n) is 5.35. The molecule has 0 saturated carbocycles. The van der Waals surface area contributed by atoms with Crippen molar-refractivity contribution in [3.05, 3.63) is 50.9 Å². The number of ether oxygens (including phenoxy) is 1. The molecule has 2 aromatic rings. The van der Waals surface area contributed by atoms with Gasteiger partial charge in [0.05, 0.1) is 4.47 Å². The van der Waals surface area contributed by atoms with Gasteiger partial charge < -0.3 is 4.74 Å². The number of nitrogens with zero attached hydrogens (tertiary/aromatic N) is 1. The highest BCUT2D eigenvalue weighted by Crippen LogP contribution is 2.35. The third-order valence-corrected chi connectivity index (χ3v) is 4.33. The van der Waals surface area contributed by atoms with E-state index in [4.69, 9.17) is 4.74 Å². The summed E-state index contributed by atoms with van der Waals surface area (Å²) in [5.41, 5.74) is 0.560. The first-order chi connectivity index (χ1) is 9.15. The third-order valence-electron chi connectivity index (χ3n) is 2.43. The second kappa shape index (κ2) is 6.47. The standard InChI is InChI=1S/C14H9Br2NOS/c1-19-14-4-2-3-12(10(14)8-17)18-13-6-5-9(15)7-11(13)16/h2-7H,1H3. The molecule has 0 aliphatic heterocycles. The van der Waals surface area contributed by atoms with E-state index in [0.29, 0.717) is 17.1 Å². The summed E-state index contributed by atoms with van der Waals surface area (Å²) in [5, 5.41) is 9.26. The monoisotopic (exact) mass is 397 g/mol. The van der Waals surface area contributed by atoms with Crippen molar-refractivity contribution in [2.75, 3.05) is 6.26 Å². The molecule has 0 aliphatic rings. The lowest BCUT2D eigenvalue weighted by Crippen LogP contribution is -1.91. The molecule has 0 heterocycles. The predicted molar refractivity (Wildman–Crippen MR) is 84.9 cm³/mol. The van der Waals surface area contributed by atoms with E-state index < -0.39 is 0 Å². The van der Waals surface area contributed by atoms with Gasteiger partial charge in [0.1, 0.15) is 23.1 Å². The number of rotatable bonds is 3. The van der Waals surface area contributed by atoms with Gasteiger partial charge in [0.15, 0.2) is 0 Å². The Balaban J connectivity index is 2.41. The molecule has 0 spiro atoms. The second-order valence-corrected chi connectivity index (χ2v) is 6.24. The first-order valence-corrected chi connectivity index (χ1v) is 8.16. The van der Waals surface area contributed by atoms with Crippen LogP contribution in [0.4, 0.5) is 0 Å². The molecule has 0 aromatic heterocycles. The van der Waals surface area contributed by atoms with Gasteiger partial charge in [-0.3, -0.25) is 0 Å². The van der Waals surface area contributed by atoms with Gasteiger partial charge in [-0.05, 0) is 52.5 Å². The summed E-state index contributed by atoms with van der Waals surface area (Å²) in [6.45, 7) is 0. The average molecular weight is 399 g/mol. The summed E-state index contributed by atoms with van der Waals surface area (Å²) >= 11 is 8.36. The molecule has 0 aliphatic carbocycles. The Morgan fingerprint density at radius 2 is 1.95 bits per heavy atom.